The van der Waals surface area contributed by atoms with Crippen LogP contribution in [-0.2, 0) is 4.79 Å². The highest BCUT2D eigenvalue weighted by Gasteiger charge is 2.37. The van der Waals surface area contributed by atoms with Crippen LogP contribution in [0.25, 0.3) is 5.69 Å². The van der Waals surface area contributed by atoms with Gasteiger partial charge in [-0.2, -0.15) is 0 Å². The molecule has 0 unspecified atom stereocenters. The van der Waals surface area contributed by atoms with Gasteiger partial charge in [0.15, 0.2) is 0 Å². The van der Waals surface area contributed by atoms with Gasteiger partial charge in [0.05, 0.1) is 18.1 Å². The Kier molecular flexibility index (Phi) is 8.66. The third-order valence-corrected chi connectivity index (χ3v) is 8.02. The Balaban J connectivity index is 1.13. The maximum Gasteiger partial charge on any atom is 0.251 e. The molecule has 3 aromatic rings. The van der Waals surface area contributed by atoms with Crippen molar-refractivity contribution in [1.29, 1.82) is 0 Å². The van der Waals surface area contributed by atoms with Gasteiger partial charge in [0.25, 0.3) is 5.91 Å². The largest absolute Gasteiger partial charge is 0.340 e. The van der Waals surface area contributed by atoms with E-state index in [1.54, 1.807) is 41.3 Å². The third-order valence-electron chi connectivity index (χ3n) is 8.02. The Morgan fingerprint density at radius 1 is 1.00 bits per heavy atom. The van der Waals surface area contributed by atoms with Crippen molar-refractivity contribution in [3.63, 3.8) is 0 Å². The Bertz CT molecular complexity index is 1220. The van der Waals surface area contributed by atoms with Crippen molar-refractivity contribution in [2.24, 2.45) is 5.92 Å². The molecule has 0 bridgehead atoms. The summed E-state index contributed by atoms with van der Waals surface area (Å²) in [4.78, 5) is 30.7. The summed E-state index contributed by atoms with van der Waals surface area (Å²) in [5.41, 5.74) is 2.55. The number of hydrogen-bond donors (Lipinski definition) is 1. The second-order valence-electron chi connectivity index (χ2n) is 10.8. The monoisotopic (exact) mass is 532 g/mol. The smallest absolute Gasteiger partial charge is 0.251 e. The van der Waals surface area contributed by atoms with Crippen molar-refractivity contribution in [1.82, 2.24) is 30.1 Å². The molecule has 1 aliphatic heterocycles. The molecule has 9 heteroatoms. The van der Waals surface area contributed by atoms with Gasteiger partial charge in [-0.3, -0.25) is 9.59 Å². The lowest BCUT2D eigenvalue weighted by molar-refractivity contribution is -0.135. The first kappa shape index (κ1) is 27.0. The van der Waals surface area contributed by atoms with Crippen LogP contribution < -0.4 is 5.32 Å². The van der Waals surface area contributed by atoms with Crippen LogP contribution in [0.2, 0.25) is 0 Å². The van der Waals surface area contributed by atoms with E-state index in [4.69, 9.17) is 0 Å². The number of aromatic nitrogens is 3. The van der Waals surface area contributed by atoms with Gasteiger partial charge in [-0.15, -0.1) is 5.10 Å². The van der Waals surface area contributed by atoms with Gasteiger partial charge in [0, 0.05) is 31.7 Å². The molecule has 5 rings (SSSR count). The molecular formula is C30H37FN6O2. The minimum atomic E-state index is -0.538. The summed E-state index contributed by atoms with van der Waals surface area (Å²) in [5, 5.41) is 10.8. The van der Waals surface area contributed by atoms with E-state index in [0.717, 1.165) is 44.5 Å². The van der Waals surface area contributed by atoms with E-state index < -0.39 is 6.04 Å². The van der Waals surface area contributed by atoms with Crippen molar-refractivity contribution in [3.8, 4) is 5.69 Å². The standard InChI is InChI=1S/C30H37FN6O2/c1-35-17-19-36(20-18-35)30(39)28(33-29(38)23-9-13-26(14-10-23)37-16-15-32-34-37)6-4-2-3-5-24-21-27(24)22-7-11-25(31)12-8-22/h7-16,24,27-28H,2-6,17-21H2,1H3,(H,33,38)/t24-,27+,28+/m0/s1. The van der Waals surface area contributed by atoms with Gasteiger partial charge in [-0.1, -0.05) is 36.6 Å². The van der Waals surface area contributed by atoms with Crippen LogP contribution in [-0.4, -0.2) is 75.9 Å². The molecule has 2 amide bonds. The average Bonchev–Trinajstić information content (AvgIpc) is 3.51. The van der Waals surface area contributed by atoms with Gasteiger partial charge in [0.2, 0.25) is 5.91 Å². The Morgan fingerprint density at radius 2 is 1.74 bits per heavy atom. The molecule has 2 fully saturated rings. The predicted octanol–water partition coefficient (Wildman–Crippen LogP) is 4.03. The summed E-state index contributed by atoms with van der Waals surface area (Å²) in [6.45, 7) is 3.04. The fourth-order valence-corrected chi connectivity index (χ4v) is 5.47. The minimum absolute atomic E-state index is 0.00857. The molecule has 1 aromatic heterocycles. The zero-order valence-electron chi connectivity index (χ0n) is 22.5. The summed E-state index contributed by atoms with van der Waals surface area (Å²) in [7, 11) is 2.06. The highest BCUT2D eigenvalue weighted by Crippen LogP contribution is 2.50. The van der Waals surface area contributed by atoms with Crippen molar-refractivity contribution < 1.29 is 14.0 Å². The summed E-state index contributed by atoms with van der Waals surface area (Å²) in [6.07, 6.45) is 9.27. The quantitative estimate of drug-likeness (QED) is 0.377. The Labute approximate surface area is 229 Å². The van der Waals surface area contributed by atoms with Crippen LogP contribution in [0.3, 0.4) is 0 Å². The molecule has 8 nitrogen and oxygen atoms in total. The van der Waals surface area contributed by atoms with E-state index in [2.05, 4.69) is 27.6 Å². The maximum absolute atomic E-state index is 13.4. The number of rotatable bonds is 11. The number of nitrogens with one attached hydrogen (secondary N) is 1. The summed E-state index contributed by atoms with van der Waals surface area (Å²) >= 11 is 0. The van der Waals surface area contributed by atoms with E-state index >= 15 is 0 Å². The van der Waals surface area contributed by atoms with Crippen LogP contribution >= 0.6 is 0 Å². The fourth-order valence-electron chi connectivity index (χ4n) is 5.47. The molecule has 206 valence electrons. The zero-order chi connectivity index (χ0) is 27.2. The van der Waals surface area contributed by atoms with Crippen LogP contribution in [0.5, 0.6) is 0 Å². The molecule has 3 atom stereocenters. The zero-order valence-corrected chi connectivity index (χ0v) is 22.5. The van der Waals surface area contributed by atoms with Crippen molar-refractivity contribution in [2.45, 2.75) is 50.5 Å². The van der Waals surface area contributed by atoms with Crippen molar-refractivity contribution in [2.75, 3.05) is 33.2 Å². The molecule has 1 aliphatic carbocycles. The Morgan fingerprint density at radius 3 is 2.44 bits per heavy atom. The molecule has 1 saturated heterocycles. The van der Waals surface area contributed by atoms with E-state index in [1.165, 1.54) is 12.0 Å². The lowest BCUT2D eigenvalue weighted by Gasteiger charge is -2.34. The van der Waals surface area contributed by atoms with Crippen LogP contribution in [0, 0.1) is 11.7 Å². The van der Waals surface area contributed by atoms with Gasteiger partial charge >= 0.3 is 0 Å². The van der Waals surface area contributed by atoms with Crippen LogP contribution in [0.15, 0.2) is 60.9 Å². The van der Waals surface area contributed by atoms with E-state index in [-0.39, 0.29) is 17.6 Å². The van der Waals surface area contributed by atoms with E-state index in [1.807, 2.05) is 29.2 Å². The van der Waals surface area contributed by atoms with E-state index in [9.17, 15) is 14.0 Å². The first-order valence-electron chi connectivity index (χ1n) is 14.0. The highest BCUT2D eigenvalue weighted by atomic mass is 19.1. The number of halogens is 1. The molecule has 2 aliphatic rings. The number of carbonyl (C=O) groups is 2. The van der Waals surface area contributed by atoms with Crippen LogP contribution in [0.1, 0.15) is 60.4 Å². The topological polar surface area (TPSA) is 83.4 Å². The summed E-state index contributed by atoms with van der Waals surface area (Å²) < 4.78 is 14.8. The number of likely N-dealkylation sites (N-methyl/N-ethyl adjacent to an activating group) is 1. The maximum atomic E-state index is 13.4. The van der Waals surface area contributed by atoms with Gasteiger partial charge in [-0.05, 0) is 80.1 Å². The Hall–Kier alpha value is -3.59. The molecule has 39 heavy (non-hydrogen) atoms. The molecule has 1 saturated carbocycles. The summed E-state index contributed by atoms with van der Waals surface area (Å²) in [6, 6.07) is 13.5. The first-order valence-corrected chi connectivity index (χ1v) is 14.0. The number of piperazine rings is 1. The molecule has 0 spiro atoms. The lowest BCUT2D eigenvalue weighted by Crippen LogP contribution is -2.54. The highest BCUT2D eigenvalue weighted by molar-refractivity contribution is 5.97. The number of unbranched alkanes of at least 4 members (excludes halogenated alkanes) is 2. The van der Waals surface area contributed by atoms with E-state index in [0.29, 0.717) is 36.9 Å². The normalized spacial score (nSPS) is 20.0. The first-order chi connectivity index (χ1) is 19.0. The van der Waals surface area contributed by atoms with Crippen molar-refractivity contribution in [3.05, 3.63) is 77.9 Å². The molecule has 2 heterocycles. The second-order valence-corrected chi connectivity index (χ2v) is 10.8. The fraction of sp³-hybridized carbons (Fsp3) is 0.467. The SMILES string of the molecule is CN1CCN(C(=O)[C@@H](CCCCC[C@H]2C[C@@H]2c2ccc(F)cc2)NC(=O)c2ccc(-n3ccnn3)cc2)CC1. The van der Waals surface area contributed by atoms with Crippen molar-refractivity contribution >= 4 is 11.8 Å². The number of carbonyl (C=O) groups excluding carboxylic acids is 2. The third kappa shape index (κ3) is 7.09. The number of benzene rings is 2. The number of hydrogen-bond acceptors (Lipinski definition) is 5. The molecular weight excluding hydrogens is 495 g/mol. The average molecular weight is 533 g/mol. The number of amides is 2. The second kappa shape index (κ2) is 12.5. The van der Waals surface area contributed by atoms with Crippen LogP contribution in [0.4, 0.5) is 4.39 Å². The predicted molar refractivity (Wildman–Crippen MR) is 147 cm³/mol. The van der Waals surface area contributed by atoms with Gasteiger partial charge in [-0.25, -0.2) is 9.07 Å². The molecule has 0 radical (unpaired) electrons. The lowest BCUT2D eigenvalue weighted by atomic mass is 10.0. The minimum Gasteiger partial charge on any atom is -0.340 e. The molecule has 1 N–H and O–H groups in total. The molecule has 2 aromatic carbocycles. The number of nitrogens with zero attached hydrogens (tertiary/aromatic N) is 5. The van der Waals surface area contributed by atoms with Gasteiger partial charge < -0.3 is 15.1 Å². The summed E-state index contributed by atoms with van der Waals surface area (Å²) in [5.74, 6) is 0.792. The van der Waals surface area contributed by atoms with Gasteiger partial charge in [0.1, 0.15) is 11.9 Å².